The number of hydrogen-bond acceptors (Lipinski definition) is 4. The molecule has 0 aromatic heterocycles. The molecule has 2 aromatic rings. The number of carbonyl (C=O) groups excluding carboxylic acids is 2. The lowest BCUT2D eigenvalue weighted by atomic mass is 10.00. The quantitative estimate of drug-likeness (QED) is 0.864. The average molecular weight is 370 g/mol. The Balaban J connectivity index is 2.02. The zero-order valence-electron chi connectivity index (χ0n) is 15.7. The van der Waals surface area contributed by atoms with E-state index in [1.165, 1.54) is 24.1 Å². The summed E-state index contributed by atoms with van der Waals surface area (Å²) < 4.78 is 13.9. The molecule has 1 heterocycles. The molecule has 0 radical (unpaired) electrons. The maximum atomic E-state index is 13.9. The van der Waals surface area contributed by atoms with Crippen molar-refractivity contribution in [3.8, 4) is 0 Å². The number of hydroxylamine groups is 2. The number of carbonyl (C=O) groups is 2. The fourth-order valence-corrected chi connectivity index (χ4v) is 3.19. The Morgan fingerprint density at radius 2 is 1.93 bits per heavy atom. The number of ketones is 1. The van der Waals surface area contributed by atoms with Gasteiger partial charge in [0.2, 0.25) is 0 Å². The maximum absolute atomic E-state index is 13.9. The number of Topliss-reactive ketones (excluding diaryl/α,β-unsaturated/α-hetero) is 1. The molecule has 0 bridgehead atoms. The zero-order valence-corrected chi connectivity index (χ0v) is 15.7. The van der Waals surface area contributed by atoms with Crippen LogP contribution < -0.4 is 5.32 Å². The van der Waals surface area contributed by atoms with Crippen LogP contribution in [-0.2, 0) is 21.0 Å². The molecule has 2 aromatic carbocycles. The predicted octanol–water partition coefficient (Wildman–Crippen LogP) is 4.01. The largest absolute Gasteiger partial charge is 0.371 e. The van der Waals surface area contributed by atoms with Crippen molar-refractivity contribution in [3.63, 3.8) is 0 Å². The molecule has 0 spiro atoms. The van der Waals surface area contributed by atoms with Gasteiger partial charge in [0.1, 0.15) is 23.7 Å². The van der Waals surface area contributed by atoms with Crippen LogP contribution in [0.2, 0.25) is 0 Å². The molecule has 0 saturated carbocycles. The molecule has 0 aliphatic carbocycles. The van der Waals surface area contributed by atoms with E-state index in [1.807, 2.05) is 30.3 Å². The predicted molar refractivity (Wildman–Crippen MR) is 100 cm³/mol. The van der Waals surface area contributed by atoms with Crippen molar-refractivity contribution in [2.45, 2.75) is 45.4 Å². The van der Waals surface area contributed by atoms with Gasteiger partial charge in [-0.25, -0.2) is 9.45 Å². The van der Waals surface area contributed by atoms with Crippen LogP contribution in [-0.4, -0.2) is 22.3 Å². The first-order valence-electron chi connectivity index (χ1n) is 8.85. The summed E-state index contributed by atoms with van der Waals surface area (Å²) in [6.07, 6.45) is 0.0365. The van der Waals surface area contributed by atoms with Crippen LogP contribution >= 0.6 is 0 Å². The number of halogens is 1. The Labute approximate surface area is 158 Å². The topological polar surface area (TPSA) is 58.6 Å². The molecule has 1 N–H and O–H groups in total. The van der Waals surface area contributed by atoms with Crippen molar-refractivity contribution in [2.24, 2.45) is 0 Å². The summed E-state index contributed by atoms with van der Waals surface area (Å²) in [7, 11) is 0. The van der Waals surface area contributed by atoms with Gasteiger partial charge in [-0.2, -0.15) is 0 Å². The van der Waals surface area contributed by atoms with Crippen LogP contribution in [0, 0.1) is 5.82 Å². The van der Waals surface area contributed by atoms with Gasteiger partial charge in [-0.15, -0.1) is 0 Å². The van der Waals surface area contributed by atoms with E-state index in [0.717, 1.165) is 5.56 Å². The van der Waals surface area contributed by atoms with Crippen molar-refractivity contribution in [1.29, 1.82) is 0 Å². The zero-order chi connectivity index (χ0) is 19.6. The van der Waals surface area contributed by atoms with Gasteiger partial charge in [0, 0.05) is 17.7 Å². The van der Waals surface area contributed by atoms with Crippen LogP contribution in [0.5, 0.6) is 0 Å². The Morgan fingerprint density at radius 3 is 2.59 bits per heavy atom. The highest BCUT2D eigenvalue weighted by atomic mass is 19.1. The fraction of sp³-hybridized carbons (Fsp3) is 0.333. The molecule has 3 rings (SSSR count). The highest BCUT2D eigenvalue weighted by Crippen LogP contribution is 2.38. The summed E-state index contributed by atoms with van der Waals surface area (Å²) in [4.78, 5) is 30.9. The number of hydrogen-bond donors (Lipinski definition) is 1. The third-order valence-electron chi connectivity index (χ3n) is 4.53. The van der Waals surface area contributed by atoms with E-state index in [1.54, 1.807) is 19.9 Å². The summed E-state index contributed by atoms with van der Waals surface area (Å²) in [5.74, 6) is -0.864. The lowest BCUT2D eigenvalue weighted by molar-refractivity contribution is -0.210. The molecular weight excluding hydrogens is 347 g/mol. The van der Waals surface area contributed by atoms with Crippen molar-refractivity contribution in [2.75, 3.05) is 5.32 Å². The number of nitrogens with zero attached hydrogens (tertiary/aromatic N) is 1. The van der Waals surface area contributed by atoms with Gasteiger partial charge < -0.3 is 5.32 Å². The Hall–Kier alpha value is -2.73. The third-order valence-corrected chi connectivity index (χ3v) is 4.53. The van der Waals surface area contributed by atoms with E-state index >= 15 is 0 Å². The number of rotatable bonds is 5. The van der Waals surface area contributed by atoms with Crippen molar-refractivity contribution in [3.05, 3.63) is 65.5 Å². The number of nitrogens with one attached hydrogen (secondary N) is 1. The molecule has 0 unspecified atom stereocenters. The van der Waals surface area contributed by atoms with Crippen molar-refractivity contribution < 1.29 is 18.8 Å². The molecule has 1 atom stereocenters. The van der Waals surface area contributed by atoms with Gasteiger partial charge in [-0.3, -0.25) is 14.4 Å². The summed E-state index contributed by atoms with van der Waals surface area (Å²) in [6.45, 7) is 5.08. The van der Waals surface area contributed by atoms with Gasteiger partial charge in [0.25, 0.3) is 5.91 Å². The van der Waals surface area contributed by atoms with E-state index in [2.05, 4.69) is 5.32 Å². The number of anilines is 1. The van der Waals surface area contributed by atoms with E-state index in [-0.39, 0.29) is 24.7 Å². The third kappa shape index (κ3) is 4.17. The summed E-state index contributed by atoms with van der Waals surface area (Å²) in [5.41, 5.74) is 1.06. The van der Waals surface area contributed by atoms with Gasteiger partial charge in [-0.1, -0.05) is 30.3 Å². The fourth-order valence-electron chi connectivity index (χ4n) is 3.19. The normalized spacial score (nSPS) is 18.4. The van der Waals surface area contributed by atoms with Crippen LogP contribution in [0.3, 0.4) is 0 Å². The number of fused-ring (bicyclic) bond motifs is 1. The molecule has 0 saturated heterocycles. The first-order valence-corrected chi connectivity index (χ1v) is 8.85. The second kappa shape index (κ2) is 7.48. The van der Waals surface area contributed by atoms with Crippen LogP contribution in [0.25, 0.3) is 0 Å². The summed E-state index contributed by atoms with van der Waals surface area (Å²) in [6, 6.07) is 13.0. The molecule has 27 heavy (non-hydrogen) atoms. The number of benzene rings is 2. The molecule has 1 aliphatic rings. The van der Waals surface area contributed by atoms with E-state index in [9.17, 15) is 14.0 Å². The Morgan fingerprint density at radius 1 is 1.22 bits per heavy atom. The van der Waals surface area contributed by atoms with Crippen LogP contribution in [0.4, 0.5) is 10.1 Å². The molecule has 5 nitrogen and oxygen atoms in total. The highest BCUT2D eigenvalue weighted by molar-refractivity contribution is 5.90. The first kappa shape index (κ1) is 19.0. The molecule has 1 amide bonds. The smallest absolute Gasteiger partial charge is 0.271 e. The lowest BCUT2D eigenvalue weighted by Crippen LogP contribution is -2.49. The monoisotopic (exact) mass is 370 g/mol. The Kier molecular flexibility index (Phi) is 5.28. The second-order valence-corrected chi connectivity index (χ2v) is 7.29. The molecule has 6 heteroatoms. The molecule has 142 valence electrons. The van der Waals surface area contributed by atoms with Crippen LogP contribution in [0.1, 0.15) is 44.4 Å². The average Bonchev–Trinajstić information content (AvgIpc) is 2.69. The molecule has 1 aliphatic heterocycles. The van der Waals surface area contributed by atoms with E-state index in [0.29, 0.717) is 11.3 Å². The summed E-state index contributed by atoms with van der Waals surface area (Å²) in [5, 5.41) is 4.39. The molecule has 0 fully saturated rings. The van der Waals surface area contributed by atoms with Crippen LogP contribution in [0.15, 0.2) is 48.5 Å². The SMILES string of the molecule is CC(=O)C[C@@H]1c2cc(F)ccc2NC(C)(C)C(=O)N1OCc1ccccc1. The lowest BCUT2D eigenvalue weighted by Gasteiger charge is -2.32. The second-order valence-electron chi connectivity index (χ2n) is 7.29. The van der Waals surface area contributed by atoms with Gasteiger partial charge >= 0.3 is 0 Å². The van der Waals surface area contributed by atoms with Gasteiger partial charge in [0.05, 0.1) is 6.04 Å². The van der Waals surface area contributed by atoms with Crippen molar-refractivity contribution in [1.82, 2.24) is 5.06 Å². The van der Waals surface area contributed by atoms with Gasteiger partial charge in [-0.05, 0) is 44.5 Å². The minimum Gasteiger partial charge on any atom is -0.371 e. The van der Waals surface area contributed by atoms with Crippen molar-refractivity contribution >= 4 is 17.4 Å². The maximum Gasteiger partial charge on any atom is 0.271 e. The minimum absolute atomic E-state index is 0.0365. The van der Waals surface area contributed by atoms with E-state index in [4.69, 9.17) is 4.84 Å². The van der Waals surface area contributed by atoms with E-state index < -0.39 is 17.4 Å². The standard InChI is InChI=1S/C21H23FN2O3/c1-14(25)11-19-17-12-16(22)9-10-18(17)23-21(2,3)20(26)24(19)27-13-15-7-5-4-6-8-15/h4-10,12,19,23H,11,13H2,1-3H3/t19-/m1/s1. The minimum atomic E-state index is -0.977. The highest BCUT2D eigenvalue weighted by Gasteiger charge is 2.42. The number of amides is 1. The molecular formula is C21H23FN2O3. The summed E-state index contributed by atoms with van der Waals surface area (Å²) >= 11 is 0. The first-order chi connectivity index (χ1) is 12.8. The van der Waals surface area contributed by atoms with Gasteiger partial charge in [0.15, 0.2) is 0 Å². The Bertz CT molecular complexity index is 852.